The first-order valence-electron chi connectivity index (χ1n) is 15.2. The lowest BCUT2D eigenvalue weighted by Gasteiger charge is -2.39. The Kier molecular flexibility index (Phi) is 8.80. The van der Waals surface area contributed by atoms with Crippen LogP contribution in [0.15, 0.2) is 59.9 Å². The monoisotopic (exact) mass is 648 g/mol. The van der Waals surface area contributed by atoms with Gasteiger partial charge in [0.2, 0.25) is 0 Å². The number of aliphatic imine (C=N–C) groups is 1. The molecule has 0 aliphatic heterocycles. The van der Waals surface area contributed by atoms with Gasteiger partial charge in [-0.3, -0.25) is 0 Å². The standard InChI is InChI=1S/C34H42ClFN8O2/c1-19-13-22(41-31(45)39-18-32(2,3)46)8-9-23(19)20-14-27-29(43-28-11-12-34(6,38)33(28,4)5)24(16-40-44(27)17-20)30(37)42-26-15-21(36)7-10-25(26)35/h7-10,13-17,28,43,46H,11-12,18,38H2,1-6H3,(H2,37,42)(H2,39,41,45)/t28-,34+/m1/s1. The number of aliphatic hydroxyl groups is 1. The average molecular weight is 649 g/mol. The number of amidine groups is 1. The van der Waals surface area contributed by atoms with Crippen molar-refractivity contribution in [2.45, 2.75) is 71.6 Å². The quantitative estimate of drug-likeness (QED) is 0.0966. The molecule has 2 aromatic carbocycles. The maximum atomic E-state index is 14.0. The topological polar surface area (TPSA) is 155 Å². The van der Waals surface area contributed by atoms with Gasteiger partial charge in [0, 0.05) is 47.1 Å². The van der Waals surface area contributed by atoms with Crippen LogP contribution in [0.25, 0.3) is 16.6 Å². The number of carbonyl (C=O) groups is 1. The fraction of sp³-hybridized carbons (Fsp3) is 0.382. The SMILES string of the molecule is Cc1cc(NC(=O)NCC(C)(C)O)ccc1-c1cc2c(N[C@@H]3CC[C@](C)(N)C3(C)C)c(C(N)=Nc3cc(F)ccc3Cl)cnn2c1. The number of nitrogens with zero attached hydrogens (tertiary/aromatic N) is 3. The van der Waals surface area contributed by atoms with E-state index in [9.17, 15) is 14.3 Å². The van der Waals surface area contributed by atoms with Gasteiger partial charge in [-0.05, 0) is 82.0 Å². The zero-order valence-corrected chi connectivity index (χ0v) is 27.8. The zero-order valence-electron chi connectivity index (χ0n) is 27.0. The van der Waals surface area contributed by atoms with Crippen molar-refractivity contribution in [1.29, 1.82) is 0 Å². The van der Waals surface area contributed by atoms with Crippen molar-refractivity contribution >= 4 is 46.0 Å². The normalized spacial score (nSPS) is 19.8. The Morgan fingerprint density at radius 2 is 1.96 bits per heavy atom. The van der Waals surface area contributed by atoms with E-state index in [1.54, 1.807) is 24.6 Å². The van der Waals surface area contributed by atoms with E-state index in [0.717, 1.165) is 40.7 Å². The number of urea groups is 1. The highest BCUT2D eigenvalue weighted by Crippen LogP contribution is 2.46. The number of hydrogen-bond acceptors (Lipinski definition) is 6. The number of anilines is 2. The number of carbonyl (C=O) groups excluding carboxylic acids is 1. The van der Waals surface area contributed by atoms with Crippen LogP contribution in [-0.2, 0) is 0 Å². The van der Waals surface area contributed by atoms with E-state index in [-0.39, 0.29) is 40.1 Å². The van der Waals surface area contributed by atoms with E-state index in [1.165, 1.54) is 18.2 Å². The molecule has 2 amide bonds. The molecule has 2 atom stereocenters. The van der Waals surface area contributed by atoms with Gasteiger partial charge >= 0.3 is 6.03 Å². The van der Waals surface area contributed by atoms with E-state index in [4.69, 9.17) is 23.1 Å². The summed E-state index contributed by atoms with van der Waals surface area (Å²) in [6.45, 7) is 11.7. The minimum atomic E-state index is -1.02. The molecule has 4 aromatic rings. The van der Waals surface area contributed by atoms with Crippen molar-refractivity contribution in [2.75, 3.05) is 17.2 Å². The van der Waals surface area contributed by atoms with Gasteiger partial charge in [0.15, 0.2) is 0 Å². The third-order valence-corrected chi connectivity index (χ3v) is 9.47. The summed E-state index contributed by atoms with van der Waals surface area (Å²) in [5.74, 6) is -0.339. The molecule has 8 N–H and O–H groups in total. The maximum absolute atomic E-state index is 14.0. The van der Waals surface area contributed by atoms with Crippen LogP contribution in [-0.4, -0.2) is 50.3 Å². The van der Waals surface area contributed by atoms with Gasteiger partial charge in [-0.2, -0.15) is 5.10 Å². The summed E-state index contributed by atoms with van der Waals surface area (Å²) in [5, 5.41) is 24.0. The van der Waals surface area contributed by atoms with E-state index < -0.39 is 17.4 Å². The number of amides is 2. The predicted octanol–water partition coefficient (Wildman–Crippen LogP) is 6.35. The Hall–Kier alpha value is -4.19. The van der Waals surface area contributed by atoms with Gasteiger partial charge in [0.1, 0.15) is 11.7 Å². The molecule has 2 aromatic heterocycles. The molecule has 0 saturated heterocycles. The molecule has 1 aliphatic rings. The molecule has 0 bridgehead atoms. The molecular formula is C34H42ClFN8O2. The number of nitrogens with one attached hydrogen (secondary N) is 3. The van der Waals surface area contributed by atoms with Crippen molar-refractivity contribution in [1.82, 2.24) is 14.9 Å². The summed E-state index contributed by atoms with van der Waals surface area (Å²) < 4.78 is 15.8. The first-order valence-corrected chi connectivity index (χ1v) is 15.6. The number of rotatable bonds is 8. The lowest BCUT2D eigenvalue weighted by molar-refractivity contribution is 0.0826. The van der Waals surface area contributed by atoms with Gasteiger partial charge in [-0.15, -0.1) is 0 Å². The molecule has 244 valence electrons. The third-order valence-electron chi connectivity index (χ3n) is 9.15. The van der Waals surface area contributed by atoms with Crippen LogP contribution in [0.5, 0.6) is 0 Å². The summed E-state index contributed by atoms with van der Waals surface area (Å²) in [5.41, 5.74) is 17.3. The molecule has 12 heteroatoms. The summed E-state index contributed by atoms with van der Waals surface area (Å²) in [6.07, 6.45) is 5.27. The predicted molar refractivity (Wildman–Crippen MR) is 183 cm³/mol. The number of hydrogen-bond donors (Lipinski definition) is 6. The highest BCUT2D eigenvalue weighted by molar-refractivity contribution is 6.33. The van der Waals surface area contributed by atoms with Crippen LogP contribution >= 0.6 is 11.6 Å². The largest absolute Gasteiger partial charge is 0.389 e. The molecule has 0 unspecified atom stereocenters. The smallest absolute Gasteiger partial charge is 0.319 e. The highest BCUT2D eigenvalue weighted by Gasteiger charge is 2.49. The van der Waals surface area contributed by atoms with Crippen molar-refractivity contribution in [3.8, 4) is 11.1 Å². The van der Waals surface area contributed by atoms with Crippen LogP contribution in [0.1, 0.15) is 58.6 Å². The van der Waals surface area contributed by atoms with Gasteiger partial charge in [0.05, 0.1) is 39.3 Å². The van der Waals surface area contributed by atoms with Gasteiger partial charge in [0.25, 0.3) is 0 Å². The number of fused-ring (bicyclic) bond motifs is 1. The number of aryl methyl sites for hydroxylation is 1. The molecule has 0 radical (unpaired) electrons. The van der Waals surface area contributed by atoms with Gasteiger partial charge in [-0.1, -0.05) is 31.5 Å². The van der Waals surface area contributed by atoms with E-state index in [1.807, 2.05) is 37.4 Å². The molecule has 46 heavy (non-hydrogen) atoms. The Morgan fingerprint density at radius 1 is 1.22 bits per heavy atom. The Bertz CT molecular complexity index is 1830. The number of nitrogens with two attached hydrogens (primary N) is 2. The lowest BCUT2D eigenvalue weighted by Crippen LogP contribution is -2.51. The Labute approximate surface area is 273 Å². The van der Waals surface area contributed by atoms with Crippen LogP contribution in [0.4, 0.5) is 26.2 Å². The summed E-state index contributed by atoms with van der Waals surface area (Å²) in [4.78, 5) is 16.8. The number of benzene rings is 2. The summed E-state index contributed by atoms with van der Waals surface area (Å²) >= 11 is 6.31. The lowest BCUT2D eigenvalue weighted by atomic mass is 9.75. The summed E-state index contributed by atoms with van der Waals surface area (Å²) in [7, 11) is 0. The highest BCUT2D eigenvalue weighted by atomic mass is 35.5. The third kappa shape index (κ3) is 6.81. The van der Waals surface area contributed by atoms with E-state index in [2.05, 4.69) is 46.8 Å². The summed E-state index contributed by atoms with van der Waals surface area (Å²) in [6, 6.07) is 11.2. The fourth-order valence-corrected chi connectivity index (χ4v) is 5.96. The zero-order chi connectivity index (χ0) is 33.6. The number of halogens is 2. The second kappa shape index (κ2) is 12.2. The van der Waals surface area contributed by atoms with Crippen molar-refractivity contribution in [3.05, 3.63) is 76.8 Å². The number of aromatic nitrogens is 2. The first-order chi connectivity index (χ1) is 21.4. The van der Waals surface area contributed by atoms with Crippen molar-refractivity contribution in [2.24, 2.45) is 21.9 Å². The molecule has 10 nitrogen and oxygen atoms in total. The van der Waals surface area contributed by atoms with Gasteiger partial charge in [-0.25, -0.2) is 18.7 Å². The van der Waals surface area contributed by atoms with E-state index >= 15 is 0 Å². The first kappa shape index (κ1) is 33.2. The van der Waals surface area contributed by atoms with Crippen LogP contribution in [0.3, 0.4) is 0 Å². The molecule has 2 heterocycles. The Balaban J connectivity index is 1.54. The van der Waals surface area contributed by atoms with Crippen LogP contribution in [0.2, 0.25) is 5.02 Å². The molecule has 1 saturated carbocycles. The minimum Gasteiger partial charge on any atom is -0.389 e. The second-order valence-electron chi connectivity index (χ2n) is 13.6. The second-order valence-corrected chi connectivity index (χ2v) is 14.0. The van der Waals surface area contributed by atoms with Crippen molar-refractivity contribution in [3.63, 3.8) is 0 Å². The molecular weight excluding hydrogens is 607 g/mol. The van der Waals surface area contributed by atoms with Crippen LogP contribution in [0, 0.1) is 18.2 Å². The molecule has 1 fully saturated rings. The molecule has 0 spiro atoms. The van der Waals surface area contributed by atoms with Gasteiger partial charge < -0.3 is 32.5 Å². The minimum absolute atomic E-state index is 0.0195. The Morgan fingerprint density at radius 3 is 2.61 bits per heavy atom. The van der Waals surface area contributed by atoms with Crippen molar-refractivity contribution < 1.29 is 14.3 Å². The molecule has 1 aliphatic carbocycles. The van der Waals surface area contributed by atoms with E-state index in [0.29, 0.717) is 11.3 Å². The fourth-order valence-electron chi connectivity index (χ4n) is 5.80. The molecule has 5 rings (SSSR count). The maximum Gasteiger partial charge on any atom is 0.319 e. The average Bonchev–Trinajstić information content (AvgIpc) is 3.47. The van der Waals surface area contributed by atoms with Crippen LogP contribution < -0.4 is 27.4 Å².